The number of para-hydroxylation sites is 1. The van der Waals surface area contributed by atoms with Gasteiger partial charge in [-0.05, 0) is 43.7 Å². The molecule has 0 atom stereocenters. The molecule has 3 aromatic rings. The van der Waals surface area contributed by atoms with Crippen LogP contribution >= 0.6 is 11.8 Å². The van der Waals surface area contributed by atoms with E-state index in [1.54, 1.807) is 30.1 Å². The van der Waals surface area contributed by atoms with Crippen LogP contribution in [0.5, 0.6) is 11.5 Å². The molecule has 0 bridgehead atoms. The molecular weight excluding hydrogens is 440 g/mol. The zero-order valence-corrected chi connectivity index (χ0v) is 19.7. The summed E-state index contributed by atoms with van der Waals surface area (Å²) in [5.41, 5.74) is 2.12. The number of thioether (sulfide) groups is 1. The summed E-state index contributed by atoms with van der Waals surface area (Å²) in [5.74, 6) is 1.13. The number of nitrogens with zero attached hydrogens (tertiary/aromatic N) is 4. The lowest BCUT2D eigenvalue weighted by molar-refractivity contribution is -0.137. The van der Waals surface area contributed by atoms with Crippen LogP contribution < -0.4 is 9.47 Å². The van der Waals surface area contributed by atoms with Crippen molar-refractivity contribution in [1.82, 2.24) is 19.8 Å². The van der Waals surface area contributed by atoms with Gasteiger partial charge in [0.15, 0.2) is 11.5 Å². The lowest BCUT2D eigenvalue weighted by Crippen LogP contribution is -2.45. The maximum Gasteiger partial charge on any atom is 0.275 e. The summed E-state index contributed by atoms with van der Waals surface area (Å²) < 4.78 is 12.3. The van der Waals surface area contributed by atoms with Gasteiger partial charge in [-0.15, -0.1) is 11.8 Å². The van der Waals surface area contributed by atoms with E-state index in [0.717, 1.165) is 22.7 Å². The maximum atomic E-state index is 13.3. The molecule has 1 aromatic heterocycles. The first-order chi connectivity index (χ1) is 16.0. The molecule has 1 fully saturated rings. The Balaban J connectivity index is 1.45. The molecule has 8 nitrogen and oxygen atoms in total. The first-order valence-electron chi connectivity index (χ1n) is 10.6. The molecule has 172 valence electrons. The number of rotatable bonds is 7. The van der Waals surface area contributed by atoms with Crippen LogP contribution in [0.4, 0.5) is 0 Å². The smallest absolute Gasteiger partial charge is 0.275 e. The molecule has 0 N–H and O–H groups in total. The molecule has 2 aromatic carbocycles. The quantitative estimate of drug-likeness (QED) is 0.496. The Kier molecular flexibility index (Phi) is 6.88. The van der Waals surface area contributed by atoms with Gasteiger partial charge in [-0.25, -0.2) is 9.69 Å². The Labute approximate surface area is 197 Å². The molecule has 4 rings (SSSR count). The van der Waals surface area contributed by atoms with Crippen LogP contribution in [0, 0.1) is 6.92 Å². The predicted molar refractivity (Wildman–Crippen MR) is 126 cm³/mol. The third-order valence-electron chi connectivity index (χ3n) is 5.51. The molecule has 0 unspecified atom stereocenters. The molecule has 0 spiro atoms. The molecule has 1 aliphatic rings. The zero-order valence-electron chi connectivity index (χ0n) is 18.9. The molecule has 2 heterocycles. The number of aromatic nitrogens is 2. The summed E-state index contributed by atoms with van der Waals surface area (Å²) in [4.78, 5) is 27.2. The van der Waals surface area contributed by atoms with Crippen molar-refractivity contribution < 1.29 is 19.1 Å². The maximum absolute atomic E-state index is 13.3. The second-order valence-electron chi connectivity index (χ2n) is 7.50. The number of hydrogen-bond donors (Lipinski definition) is 0. The van der Waals surface area contributed by atoms with Crippen LogP contribution in [0.25, 0.3) is 5.69 Å². The van der Waals surface area contributed by atoms with Crippen LogP contribution in [0.1, 0.15) is 22.5 Å². The Morgan fingerprint density at radius 1 is 1.00 bits per heavy atom. The minimum absolute atomic E-state index is 0.117. The number of benzene rings is 2. The van der Waals surface area contributed by atoms with Gasteiger partial charge in [0, 0.05) is 18.0 Å². The number of hydrazine groups is 1. The van der Waals surface area contributed by atoms with Crippen molar-refractivity contribution in [1.29, 1.82) is 0 Å². The second kappa shape index (κ2) is 9.99. The monoisotopic (exact) mass is 466 g/mol. The van der Waals surface area contributed by atoms with Gasteiger partial charge in [0.25, 0.3) is 11.8 Å². The summed E-state index contributed by atoms with van der Waals surface area (Å²) >= 11 is 1.40. The average molecular weight is 467 g/mol. The molecule has 2 amide bonds. The fraction of sp³-hybridized carbons (Fsp3) is 0.292. The average Bonchev–Trinajstić information content (AvgIpc) is 3.49. The van der Waals surface area contributed by atoms with E-state index in [1.165, 1.54) is 16.8 Å². The normalized spacial score (nSPS) is 13.3. The molecular formula is C24H26N4O4S. The van der Waals surface area contributed by atoms with Crippen molar-refractivity contribution >= 4 is 23.6 Å². The molecule has 0 radical (unpaired) electrons. The summed E-state index contributed by atoms with van der Waals surface area (Å²) in [5, 5.41) is 7.48. The van der Waals surface area contributed by atoms with E-state index in [2.05, 4.69) is 5.10 Å². The van der Waals surface area contributed by atoms with Crippen LogP contribution in [-0.4, -0.2) is 64.7 Å². The highest BCUT2D eigenvalue weighted by Crippen LogP contribution is 2.32. The van der Waals surface area contributed by atoms with Gasteiger partial charge in [-0.2, -0.15) is 5.10 Å². The Morgan fingerprint density at radius 2 is 1.73 bits per heavy atom. The molecule has 1 aliphatic heterocycles. The fourth-order valence-electron chi connectivity index (χ4n) is 3.80. The fourth-order valence-corrected chi connectivity index (χ4v) is 4.59. The molecule has 9 heteroatoms. The molecule has 0 saturated carbocycles. The minimum Gasteiger partial charge on any atom is -0.493 e. The SMILES string of the molecule is COc1ccc(SCC(=O)N2CCCN2C(=O)c2cnn(-c3ccccc3)c2C)cc1OC. The van der Waals surface area contributed by atoms with Crippen LogP contribution in [-0.2, 0) is 4.79 Å². The predicted octanol–water partition coefficient (Wildman–Crippen LogP) is 3.58. The van der Waals surface area contributed by atoms with Crippen molar-refractivity contribution in [3.05, 3.63) is 66.0 Å². The highest BCUT2D eigenvalue weighted by atomic mass is 32.2. The number of amides is 2. The van der Waals surface area contributed by atoms with Crippen LogP contribution in [0.2, 0.25) is 0 Å². The highest BCUT2D eigenvalue weighted by Gasteiger charge is 2.32. The molecule has 33 heavy (non-hydrogen) atoms. The number of carbonyl (C=O) groups excluding carboxylic acids is 2. The van der Waals surface area contributed by atoms with Crippen LogP contribution in [0.15, 0.2) is 59.6 Å². The Bertz CT molecular complexity index is 1150. The lowest BCUT2D eigenvalue weighted by atomic mass is 10.2. The number of ether oxygens (including phenoxy) is 2. The lowest BCUT2D eigenvalue weighted by Gasteiger charge is -2.27. The van der Waals surface area contributed by atoms with Crippen molar-refractivity contribution in [2.24, 2.45) is 0 Å². The van der Waals surface area contributed by atoms with Crippen molar-refractivity contribution in [2.75, 3.05) is 33.1 Å². The van der Waals surface area contributed by atoms with Gasteiger partial charge >= 0.3 is 0 Å². The standard InChI is InChI=1S/C24H26N4O4S/c1-17-20(15-25-28(17)18-8-5-4-6-9-18)24(30)27-13-7-12-26(27)23(29)16-33-19-10-11-21(31-2)22(14-19)32-3/h4-6,8-11,14-15H,7,12-13,16H2,1-3H3. The number of hydrogen-bond acceptors (Lipinski definition) is 6. The van der Waals surface area contributed by atoms with E-state index >= 15 is 0 Å². The summed E-state index contributed by atoms with van der Waals surface area (Å²) in [6, 6.07) is 15.2. The van der Waals surface area contributed by atoms with E-state index in [-0.39, 0.29) is 17.6 Å². The van der Waals surface area contributed by atoms with E-state index < -0.39 is 0 Å². The first-order valence-corrected chi connectivity index (χ1v) is 11.6. The third kappa shape index (κ3) is 4.68. The van der Waals surface area contributed by atoms with E-state index in [4.69, 9.17) is 9.47 Å². The van der Waals surface area contributed by atoms with Crippen molar-refractivity contribution in [3.63, 3.8) is 0 Å². The third-order valence-corrected chi connectivity index (χ3v) is 6.49. The summed E-state index contributed by atoms with van der Waals surface area (Å²) in [6.07, 6.45) is 2.31. The van der Waals surface area contributed by atoms with Crippen LogP contribution in [0.3, 0.4) is 0 Å². The van der Waals surface area contributed by atoms with Gasteiger partial charge in [0.05, 0.1) is 43.1 Å². The first kappa shape index (κ1) is 22.7. The largest absolute Gasteiger partial charge is 0.493 e. The zero-order chi connectivity index (χ0) is 23.4. The van der Waals surface area contributed by atoms with Crippen molar-refractivity contribution in [2.45, 2.75) is 18.2 Å². The topological polar surface area (TPSA) is 76.9 Å². The van der Waals surface area contributed by atoms with Gasteiger partial charge in [0.1, 0.15) is 0 Å². The number of carbonyl (C=O) groups is 2. The van der Waals surface area contributed by atoms with E-state index in [9.17, 15) is 9.59 Å². The van der Waals surface area contributed by atoms with E-state index in [1.807, 2.05) is 55.5 Å². The van der Waals surface area contributed by atoms with Gasteiger partial charge < -0.3 is 9.47 Å². The highest BCUT2D eigenvalue weighted by molar-refractivity contribution is 8.00. The number of methoxy groups -OCH3 is 2. The van der Waals surface area contributed by atoms with Gasteiger partial charge in [0.2, 0.25) is 0 Å². The van der Waals surface area contributed by atoms with Gasteiger partial charge in [-0.1, -0.05) is 18.2 Å². The second-order valence-corrected chi connectivity index (χ2v) is 8.54. The summed E-state index contributed by atoms with van der Waals surface area (Å²) in [6.45, 7) is 2.88. The molecule has 0 aliphatic carbocycles. The Hall–Kier alpha value is -3.46. The molecule has 1 saturated heterocycles. The minimum atomic E-state index is -0.211. The van der Waals surface area contributed by atoms with Gasteiger partial charge in [-0.3, -0.25) is 14.6 Å². The van der Waals surface area contributed by atoms with Crippen molar-refractivity contribution in [3.8, 4) is 17.2 Å². The Morgan fingerprint density at radius 3 is 2.45 bits per heavy atom. The van der Waals surface area contributed by atoms with E-state index in [0.29, 0.717) is 30.2 Å². The summed E-state index contributed by atoms with van der Waals surface area (Å²) in [7, 11) is 3.16.